The molecule has 0 unspecified atom stereocenters. The summed E-state index contributed by atoms with van der Waals surface area (Å²) in [6.07, 6.45) is 4.57. The summed E-state index contributed by atoms with van der Waals surface area (Å²) in [5, 5.41) is 1.16. The van der Waals surface area contributed by atoms with Gasteiger partial charge in [-0.25, -0.2) is 4.98 Å². The number of hydrogen-bond donors (Lipinski definition) is 0. The molecule has 5 nitrogen and oxygen atoms in total. The number of likely N-dealkylation sites (tertiary alicyclic amines) is 1. The first-order valence-electron chi connectivity index (χ1n) is 7.38. The van der Waals surface area contributed by atoms with Crippen LogP contribution in [-0.2, 0) is 16.1 Å². The SMILES string of the molecule is O=C1OC[C@H]2CN(Cc3cnc(N4CCCC4)s3)C[C@@H]12. The summed E-state index contributed by atoms with van der Waals surface area (Å²) in [5.41, 5.74) is 0. The second-order valence-electron chi connectivity index (χ2n) is 5.99. The molecule has 3 aliphatic heterocycles. The van der Waals surface area contributed by atoms with Gasteiger partial charge >= 0.3 is 5.97 Å². The third-order valence-electron chi connectivity index (χ3n) is 4.56. The van der Waals surface area contributed by atoms with Crippen molar-refractivity contribution in [1.29, 1.82) is 0 Å². The fourth-order valence-electron chi connectivity index (χ4n) is 3.47. The van der Waals surface area contributed by atoms with E-state index in [1.165, 1.54) is 17.7 Å². The predicted molar refractivity (Wildman–Crippen MR) is 76.8 cm³/mol. The molecule has 4 heterocycles. The second kappa shape index (κ2) is 5.00. The van der Waals surface area contributed by atoms with Crippen LogP contribution in [0.15, 0.2) is 6.20 Å². The van der Waals surface area contributed by atoms with E-state index in [-0.39, 0.29) is 11.9 Å². The number of cyclic esters (lactones) is 1. The lowest BCUT2D eigenvalue weighted by Gasteiger charge is -2.15. The van der Waals surface area contributed by atoms with Crippen LogP contribution in [-0.4, -0.2) is 48.6 Å². The summed E-state index contributed by atoms with van der Waals surface area (Å²) in [7, 11) is 0. The number of hydrogen-bond acceptors (Lipinski definition) is 6. The molecule has 3 fully saturated rings. The highest BCUT2D eigenvalue weighted by Gasteiger charge is 2.43. The van der Waals surface area contributed by atoms with Crippen molar-refractivity contribution in [2.45, 2.75) is 19.4 Å². The van der Waals surface area contributed by atoms with Crippen LogP contribution in [0.1, 0.15) is 17.7 Å². The first-order valence-corrected chi connectivity index (χ1v) is 8.20. The Morgan fingerprint density at radius 2 is 2.20 bits per heavy atom. The maximum Gasteiger partial charge on any atom is 0.310 e. The molecule has 2 atom stereocenters. The van der Waals surface area contributed by atoms with Crippen molar-refractivity contribution in [3.05, 3.63) is 11.1 Å². The third kappa shape index (κ3) is 2.20. The lowest BCUT2D eigenvalue weighted by Crippen LogP contribution is -2.23. The van der Waals surface area contributed by atoms with Gasteiger partial charge in [0.15, 0.2) is 5.13 Å². The van der Waals surface area contributed by atoms with Gasteiger partial charge in [-0.15, -0.1) is 11.3 Å². The number of carbonyl (C=O) groups is 1. The van der Waals surface area contributed by atoms with E-state index in [1.54, 1.807) is 11.3 Å². The molecule has 0 saturated carbocycles. The minimum atomic E-state index is -0.000407. The van der Waals surface area contributed by atoms with Gasteiger partial charge < -0.3 is 9.64 Å². The van der Waals surface area contributed by atoms with Crippen molar-refractivity contribution in [3.8, 4) is 0 Å². The van der Waals surface area contributed by atoms with Crippen LogP contribution in [0.2, 0.25) is 0 Å². The smallest absolute Gasteiger partial charge is 0.310 e. The zero-order valence-electron chi connectivity index (χ0n) is 11.5. The maximum atomic E-state index is 11.6. The van der Waals surface area contributed by atoms with Gasteiger partial charge in [0.1, 0.15) is 0 Å². The van der Waals surface area contributed by atoms with Crippen LogP contribution in [0.4, 0.5) is 5.13 Å². The zero-order chi connectivity index (χ0) is 13.5. The van der Waals surface area contributed by atoms with Crippen molar-refractivity contribution in [2.75, 3.05) is 37.7 Å². The van der Waals surface area contributed by atoms with Gasteiger partial charge in [0.25, 0.3) is 0 Å². The zero-order valence-corrected chi connectivity index (χ0v) is 12.3. The molecule has 4 rings (SSSR count). The highest BCUT2D eigenvalue weighted by atomic mass is 32.1. The van der Waals surface area contributed by atoms with E-state index in [4.69, 9.17) is 4.74 Å². The topological polar surface area (TPSA) is 45.7 Å². The molecular formula is C14H19N3O2S. The Bertz CT molecular complexity index is 512. The summed E-state index contributed by atoms with van der Waals surface area (Å²) >= 11 is 1.80. The molecule has 6 heteroatoms. The lowest BCUT2D eigenvalue weighted by atomic mass is 10.0. The summed E-state index contributed by atoms with van der Waals surface area (Å²) in [4.78, 5) is 22.2. The molecule has 0 amide bonds. The number of esters is 1. The number of fused-ring (bicyclic) bond motifs is 1. The van der Waals surface area contributed by atoms with Crippen molar-refractivity contribution in [2.24, 2.45) is 11.8 Å². The normalized spacial score (nSPS) is 30.0. The largest absolute Gasteiger partial charge is 0.465 e. The summed E-state index contributed by atoms with van der Waals surface area (Å²) in [6.45, 7) is 5.65. The molecule has 0 spiro atoms. The number of anilines is 1. The minimum Gasteiger partial charge on any atom is -0.465 e. The van der Waals surface area contributed by atoms with Crippen LogP contribution in [0, 0.1) is 11.8 Å². The van der Waals surface area contributed by atoms with E-state index in [0.717, 1.165) is 37.9 Å². The van der Waals surface area contributed by atoms with E-state index in [1.807, 2.05) is 6.20 Å². The minimum absolute atomic E-state index is 0.000407. The Balaban J connectivity index is 1.39. The van der Waals surface area contributed by atoms with E-state index in [9.17, 15) is 4.79 Å². The third-order valence-corrected chi connectivity index (χ3v) is 5.60. The molecule has 3 aliphatic rings. The van der Waals surface area contributed by atoms with E-state index < -0.39 is 0 Å². The first-order chi connectivity index (χ1) is 9.79. The number of aromatic nitrogens is 1. The molecule has 1 aromatic heterocycles. The number of nitrogens with zero attached hydrogens (tertiary/aromatic N) is 3. The number of rotatable bonds is 3. The number of ether oxygens (including phenoxy) is 1. The van der Waals surface area contributed by atoms with E-state index in [2.05, 4.69) is 14.8 Å². The van der Waals surface area contributed by atoms with E-state index in [0.29, 0.717) is 12.5 Å². The molecule has 0 aliphatic carbocycles. The Kier molecular flexibility index (Phi) is 3.15. The molecule has 20 heavy (non-hydrogen) atoms. The van der Waals surface area contributed by atoms with Crippen molar-refractivity contribution in [3.63, 3.8) is 0 Å². The standard InChI is InChI=1S/C14H19N3O2S/c18-13-12-8-16(6-10(12)9-19-13)7-11-5-15-14(20-11)17-3-1-2-4-17/h5,10,12H,1-4,6-9H2/t10-,12-/m1/s1. The van der Waals surface area contributed by atoms with Gasteiger partial charge in [-0.2, -0.15) is 0 Å². The highest BCUT2D eigenvalue weighted by molar-refractivity contribution is 7.15. The van der Waals surface area contributed by atoms with E-state index >= 15 is 0 Å². The van der Waals surface area contributed by atoms with Crippen LogP contribution in [0.3, 0.4) is 0 Å². The van der Waals surface area contributed by atoms with Gasteiger partial charge in [-0.3, -0.25) is 9.69 Å². The summed E-state index contributed by atoms with van der Waals surface area (Å²) in [5.74, 6) is 0.522. The second-order valence-corrected chi connectivity index (χ2v) is 7.09. The highest BCUT2D eigenvalue weighted by Crippen LogP contribution is 2.33. The fourth-order valence-corrected chi connectivity index (χ4v) is 4.47. The van der Waals surface area contributed by atoms with Gasteiger partial charge in [0.05, 0.1) is 12.5 Å². The Morgan fingerprint density at radius 1 is 1.35 bits per heavy atom. The summed E-state index contributed by atoms with van der Waals surface area (Å²) in [6, 6.07) is 0. The molecular weight excluding hydrogens is 274 g/mol. The van der Waals surface area contributed by atoms with Crippen LogP contribution >= 0.6 is 11.3 Å². The first kappa shape index (κ1) is 12.6. The predicted octanol–water partition coefficient (Wildman–Crippen LogP) is 1.35. The van der Waals surface area contributed by atoms with Crippen LogP contribution < -0.4 is 4.90 Å². The van der Waals surface area contributed by atoms with Gasteiger partial charge in [-0.1, -0.05) is 0 Å². The molecule has 0 aromatic carbocycles. The monoisotopic (exact) mass is 293 g/mol. The Labute approximate surface area is 122 Å². The van der Waals surface area contributed by atoms with Crippen molar-refractivity contribution in [1.82, 2.24) is 9.88 Å². The average molecular weight is 293 g/mol. The fraction of sp³-hybridized carbons (Fsp3) is 0.714. The Morgan fingerprint density at radius 3 is 3.00 bits per heavy atom. The number of thiazole rings is 1. The molecule has 0 bridgehead atoms. The van der Waals surface area contributed by atoms with Gasteiger partial charge in [0.2, 0.25) is 0 Å². The van der Waals surface area contributed by atoms with Gasteiger partial charge in [0, 0.05) is 49.7 Å². The number of carbonyl (C=O) groups excluding carboxylic acids is 1. The molecule has 3 saturated heterocycles. The lowest BCUT2D eigenvalue weighted by molar-refractivity contribution is -0.141. The Hall–Kier alpha value is -1.14. The maximum absolute atomic E-state index is 11.6. The molecule has 0 N–H and O–H groups in total. The van der Waals surface area contributed by atoms with Crippen molar-refractivity contribution >= 4 is 22.4 Å². The van der Waals surface area contributed by atoms with Crippen LogP contribution in [0.5, 0.6) is 0 Å². The molecule has 0 radical (unpaired) electrons. The summed E-state index contributed by atoms with van der Waals surface area (Å²) < 4.78 is 5.11. The quantitative estimate of drug-likeness (QED) is 0.787. The molecule has 1 aromatic rings. The molecule has 108 valence electrons. The van der Waals surface area contributed by atoms with Crippen molar-refractivity contribution < 1.29 is 9.53 Å². The average Bonchev–Trinajstić information content (AvgIpc) is 3.17. The van der Waals surface area contributed by atoms with Gasteiger partial charge in [-0.05, 0) is 12.8 Å². The van der Waals surface area contributed by atoms with Crippen LogP contribution in [0.25, 0.3) is 0 Å².